The van der Waals surface area contributed by atoms with Crippen LogP contribution in [0, 0.1) is 11.8 Å². The van der Waals surface area contributed by atoms with Gasteiger partial charge in [0.2, 0.25) is 0 Å². The lowest BCUT2D eigenvalue weighted by molar-refractivity contribution is -0.163. The highest BCUT2D eigenvalue weighted by molar-refractivity contribution is 5.69. The lowest BCUT2D eigenvalue weighted by Gasteiger charge is -2.22. The Morgan fingerprint density at radius 3 is 2.93 bits per heavy atom. The summed E-state index contributed by atoms with van der Waals surface area (Å²) in [5.74, 6) is 0.767. The van der Waals surface area contributed by atoms with Crippen molar-refractivity contribution in [2.75, 3.05) is 13.2 Å². The first-order valence-electron chi connectivity index (χ1n) is 11.1. The highest BCUT2D eigenvalue weighted by atomic mass is 16.7. The molecule has 0 aliphatic carbocycles. The van der Waals surface area contributed by atoms with Crippen molar-refractivity contribution in [1.82, 2.24) is 19.1 Å². The Balaban J connectivity index is 1.73. The first kappa shape index (κ1) is 22.5. The zero-order valence-corrected chi connectivity index (χ0v) is 18.3. The maximum absolute atomic E-state index is 13.1. The van der Waals surface area contributed by atoms with E-state index in [0.29, 0.717) is 49.1 Å². The lowest BCUT2D eigenvalue weighted by Crippen LogP contribution is -2.36. The summed E-state index contributed by atoms with van der Waals surface area (Å²) >= 11 is 0. The number of ether oxygens (including phenoxy) is 2. The predicted molar refractivity (Wildman–Crippen MR) is 117 cm³/mol. The van der Waals surface area contributed by atoms with E-state index >= 15 is 0 Å². The fraction of sp³-hybridized carbons (Fsp3) is 0.682. The molecule has 0 saturated carbocycles. The van der Waals surface area contributed by atoms with Crippen molar-refractivity contribution < 1.29 is 9.47 Å². The van der Waals surface area contributed by atoms with Crippen LogP contribution < -0.4 is 11.2 Å². The molecule has 8 heteroatoms. The molecular formula is C22H34N4O4. The van der Waals surface area contributed by atoms with Crippen molar-refractivity contribution in [3.05, 3.63) is 39.3 Å². The number of aromatic nitrogens is 4. The van der Waals surface area contributed by atoms with Gasteiger partial charge in [0.1, 0.15) is 0 Å². The van der Waals surface area contributed by atoms with Crippen molar-refractivity contribution >= 4 is 11.2 Å². The van der Waals surface area contributed by atoms with Gasteiger partial charge in [-0.3, -0.25) is 14.3 Å². The molecule has 30 heavy (non-hydrogen) atoms. The van der Waals surface area contributed by atoms with Gasteiger partial charge in [-0.15, -0.1) is 0 Å². The van der Waals surface area contributed by atoms with Crippen molar-refractivity contribution in [2.45, 2.75) is 72.3 Å². The summed E-state index contributed by atoms with van der Waals surface area (Å²) in [5, 5.41) is 0. The van der Waals surface area contributed by atoms with Crippen molar-refractivity contribution in [1.29, 1.82) is 0 Å². The Bertz CT molecular complexity index is 952. The molecule has 3 heterocycles. The minimum absolute atomic E-state index is 0.164. The maximum Gasteiger partial charge on any atom is 0.330 e. The first-order chi connectivity index (χ1) is 14.5. The normalized spacial score (nSPS) is 19.5. The van der Waals surface area contributed by atoms with Gasteiger partial charge in [-0.2, -0.15) is 0 Å². The number of aromatic amines is 1. The highest BCUT2D eigenvalue weighted by Gasteiger charge is 2.19. The van der Waals surface area contributed by atoms with Gasteiger partial charge in [0.15, 0.2) is 17.5 Å². The number of imidazole rings is 1. The minimum atomic E-state index is -0.430. The zero-order valence-electron chi connectivity index (χ0n) is 18.3. The molecule has 1 N–H and O–H groups in total. The summed E-state index contributed by atoms with van der Waals surface area (Å²) in [6, 6.07) is 0. The van der Waals surface area contributed by atoms with Gasteiger partial charge in [0.25, 0.3) is 5.56 Å². The molecule has 3 rings (SSSR count). The van der Waals surface area contributed by atoms with Gasteiger partial charge in [-0.1, -0.05) is 32.4 Å². The largest absolute Gasteiger partial charge is 0.353 e. The van der Waals surface area contributed by atoms with Crippen LogP contribution in [0.25, 0.3) is 11.2 Å². The summed E-state index contributed by atoms with van der Waals surface area (Å²) < 4.78 is 14.4. The quantitative estimate of drug-likeness (QED) is 0.473. The molecule has 2 aromatic rings. The van der Waals surface area contributed by atoms with Crippen LogP contribution in [0.1, 0.15) is 52.9 Å². The first-order valence-corrected chi connectivity index (χ1v) is 11.1. The van der Waals surface area contributed by atoms with Crippen LogP contribution in [0.2, 0.25) is 0 Å². The average molecular weight is 419 g/mol. The Hall–Kier alpha value is -2.19. The van der Waals surface area contributed by atoms with Gasteiger partial charge in [0, 0.05) is 19.7 Å². The molecular weight excluding hydrogens is 384 g/mol. The zero-order chi connectivity index (χ0) is 21.5. The average Bonchev–Trinajstić information content (AvgIpc) is 3.14. The van der Waals surface area contributed by atoms with E-state index < -0.39 is 5.69 Å². The smallest absolute Gasteiger partial charge is 0.330 e. The van der Waals surface area contributed by atoms with Crippen LogP contribution in [0.4, 0.5) is 0 Å². The third-order valence-electron chi connectivity index (χ3n) is 5.92. The molecule has 3 unspecified atom stereocenters. The van der Waals surface area contributed by atoms with Crippen molar-refractivity contribution in [2.24, 2.45) is 11.8 Å². The van der Waals surface area contributed by atoms with Crippen LogP contribution in [0.15, 0.2) is 28.1 Å². The fourth-order valence-corrected chi connectivity index (χ4v) is 4.09. The summed E-state index contributed by atoms with van der Waals surface area (Å²) in [5.41, 5.74) is 0.0774. The molecule has 0 spiro atoms. The number of hydrogen-bond donors (Lipinski definition) is 1. The van der Waals surface area contributed by atoms with Crippen molar-refractivity contribution in [3.8, 4) is 0 Å². The van der Waals surface area contributed by atoms with E-state index in [-0.39, 0.29) is 11.8 Å². The molecule has 166 valence electrons. The van der Waals surface area contributed by atoms with Crippen LogP contribution >= 0.6 is 0 Å². The maximum atomic E-state index is 13.1. The second-order valence-corrected chi connectivity index (χ2v) is 8.05. The molecule has 1 fully saturated rings. The van der Waals surface area contributed by atoms with Gasteiger partial charge < -0.3 is 14.0 Å². The lowest BCUT2D eigenvalue weighted by atomic mass is 9.91. The van der Waals surface area contributed by atoms with Gasteiger partial charge >= 0.3 is 5.69 Å². The molecule has 3 atom stereocenters. The number of nitrogens with zero attached hydrogens (tertiary/aromatic N) is 3. The molecule has 1 aliphatic rings. The number of rotatable bonds is 10. The summed E-state index contributed by atoms with van der Waals surface area (Å²) in [7, 11) is 0. The Kier molecular flexibility index (Phi) is 8.04. The van der Waals surface area contributed by atoms with Crippen molar-refractivity contribution in [3.63, 3.8) is 0 Å². The highest BCUT2D eigenvalue weighted by Crippen LogP contribution is 2.20. The summed E-state index contributed by atoms with van der Waals surface area (Å²) in [6.07, 6.45) is 10.4. The second kappa shape index (κ2) is 10.7. The van der Waals surface area contributed by atoms with Crippen LogP contribution in [-0.4, -0.2) is 38.6 Å². The number of allylic oxidation sites excluding steroid dienone is 2. The number of hydrogen-bond acceptors (Lipinski definition) is 5. The molecule has 0 bridgehead atoms. The van der Waals surface area contributed by atoms with Gasteiger partial charge in [0.05, 0.1) is 12.9 Å². The number of nitrogens with one attached hydrogen (secondary N) is 1. The molecule has 2 aromatic heterocycles. The SMILES string of the molecule is CC=CC(C)C(CC)Cn1cnc2[nH]c(=O)n(CCCOC3CCCCO3)c(=O)c21. The molecule has 8 nitrogen and oxygen atoms in total. The third-order valence-corrected chi connectivity index (χ3v) is 5.92. The monoisotopic (exact) mass is 418 g/mol. The fourth-order valence-electron chi connectivity index (χ4n) is 4.09. The Morgan fingerprint density at radius 1 is 1.40 bits per heavy atom. The summed E-state index contributed by atoms with van der Waals surface area (Å²) in [4.78, 5) is 32.5. The minimum Gasteiger partial charge on any atom is -0.353 e. The number of fused-ring (bicyclic) bond motifs is 1. The Morgan fingerprint density at radius 2 is 2.23 bits per heavy atom. The molecule has 0 aromatic carbocycles. The van der Waals surface area contributed by atoms with Crippen LogP contribution in [-0.2, 0) is 22.6 Å². The summed E-state index contributed by atoms with van der Waals surface area (Å²) in [6.45, 7) is 8.52. The van der Waals surface area contributed by atoms with Gasteiger partial charge in [-0.05, 0) is 44.4 Å². The molecule has 1 saturated heterocycles. The molecule has 1 aliphatic heterocycles. The van der Waals surface area contributed by atoms with E-state index in [2.05, 4.69) is 36.0 Å². The predicted octanol–water partition coefficient (Wildman–Crippen LogP) is 3.06. The standard InChI is InChI=1S/C22H34N4O4/c1-4-9-16(3)17(5-2)14-25-15-23-20-19(25)21(27)26(22(28)24-20)11-8-13-30-18-10-6-7-12-29-18/h4,9,15-18H,5-8,10-14H2,1-3H3,(H,24,28). The van der Waals surface area contributed by atoms with E-state index in [0.717, 1.165) is 32.3 Å². The molecule has 0 radical (unpaired) electrons. The Labute approximate surface area is 176 Å². The van der Waals surface area contributed by atoms with E-state index in [4.69, 9.17) is 9.47 Å². The van der Waals surface area contributed by atoms with Crippen LogP contribution in [0.5, 0.6) is 0 Å². The van der Waals surface area contributed by atoms with E-state index in [1.54, 1.807) is 6.33 Å². The topological polar surface area (TPSA) is 91.1 Å². The number of H-pyrrole nitrogens is 1. The second-order valence-electron chi connectivity index (χ2n) is 8.05. The van der Waals surface area contributed by atoms with Crippen LogP contribution in [0.3, 0.4) is 0 Å². The molecule has 0 amide bonds. The van der Waals surface area contributed by atoms with E-state index in [1.807, 2.05) is 11.5 Å². The third kappa shape index (κ3) is 5.29. The van der Waals surface area contributed by atoms with E-state index in [1.165, 1.54) is 4.57 Å². The van der Waals surface area contributed by atoms with Gasteiger partial charge in [-0.25, -0.2) is 9.78 Å². The van der Waals surface area contributed by atoms with E-state index in [9.17, 15) is 9.59 Å².